The van der Waals surface area contributed by atoms with Crippen molar-refractivity contribution in [2.24, 2.45) is 0 Å². The summed E-state index contributed by atoms with van der Waals surface area (Å²) in [6.07, 6.45) is -2.76. The maximum atomic E-state index is 12.7. The van der Waals surface area contributed by atoms with E-state index in [9.17, 15) is 18.0 Å². The lowest BCUT2D eigenvalue weighted by molar-refractivity contribution is 0.0160. The zero-order valence-corrected chi connectivity index (χ0v) is 7.54. The van der Waals surface area contributed by atoms with E-state index in [1.165, 1.54) is 0 Å². The Hall–Kier alpha value is -1.72. The molecule has 0 aromatic heterocycles. The Morgan fingerprint density at radius 3 is 2.73 bits per heavy atom. The first-order chi connectivity index (χ1) is 7.00. The van der Waals surface area contributed by atoms with Gasteiger partial charge in [0.05, 0.1) is 5.56 Å². The highest BCUT2D eigenvalue weighted by Gasteiger charge is 2.14. The highest BCUT2D eigenvalue weighted by molar-refractivity contribution is 5.95. The molecule has 6 heteroatoms. The molecule has 0 amide bonds. The fraction of sp³-hybridized carbons (Fsp3) is 0.222. The average Bonchev–Trinajstić information content (AvgIpc) is 2.18. The summed E-state index contributed by atoms with van der Waals surface area (Å²) in [7, 11) is 0. The number of halogens is 3. The van der Waals surface area contributed by atoms with Crippen molar-refractivity contribution in [3.05, 3.63) is 29.6 Å². The number of carbonyl (C=O) groups excluding carboxylic acids is 1. The van der Waals surface area contributed by atoms with E-state index in [0.717, 1.165) is 18.2 Å². The van der Waals surface area contributed by atoms with E-state index in [2.05, 4.69) is 4.74 Å². The van der Waals surface area contributed by atoms with Gasteiger partial charge < -0.3 is 10.5 Å². The van der Waals surface area contributed by atoms with Gasteiger partial charge >= 0.3 is 5.97 Å². The summed E-state index contributed by atoms with van der Waals surface area (Å²) in [6, 6.07) is 3.05. The fourth-order valence-electron chi connectivity index (χ4n) is 0.922. The summed E-state index contributed by atoms with van der Waals surface area (Å²) in [5, 5.41) is 0. The highest BCUT2D eigenvalue weighted by atomic mass is 19.3. The Kier molecular flexibility index (Phi) is 3.54. The third kappa shape index (κ3) is 3.16. The third-order valence-corrected chi connectivity index (χ3v) is 1.58. The predicted octanol–water partition coefficient (Wildman–Crippen LogP) is 1.83. The van der Waals surface area contributed by atoms with Crippen molar-refractivity contribution in [2.45, 2.75) is 6.43 Å². The summed E-state index contributed by atoms with van der Waals surface area (Å²) in [5.74, 6) is -1.75. The summed E-state index contributed by atoms with van der Waals surface area (Å²) < 4.78 is 40.3. The first kappa shape index (κ1) is 11.4. The van der Waals surface area contributed by atoms with Crippen molar-refractivity contribution in [1.29, 1.82) is 0 Å². The molecule has 0 heterocycles. The van der Waals surface area contributed by atoms with Crippen LogP contribution in [0.2, 0.25) is 0 Å². The standard InChI is InChI=1S/C9H8F3NO2/c10-5-1-2-7(13)6(3-5)9(14)15-4-8(11)12/h1-3,8H,4,13H2. The van der Waals surface area contributed by atoms with Gasteiger partial charge in [0, 0.05) is 5.69 Å². The number of hydrogen-bond acceptors (Lipinski definition) is 3. The minimum Gasteiger partial charge on any atom is -0.456 e. The number of esters is 1. The van der Waals surface area contributed by atoms with Crippen LogP contribution in [0.25, 0.3) is 0 Å². The molecule has 0 unspecified atom stereocenters. The third-order valence-electron chi connectivity index (χ3n) is 1.58. The van der Waals surface area contributed by atoms with Gasteiger partial charge in [0.1, 0.15) is 5.82 Å². The number of rotatable bonds is 3. The highest BCUT2D eigenvalue weighted by Crippen LogP contribution is 2.14. The molecule has 1 aromatic rings. The van der Waals surface area contributed by atoms with Gasteiger partial charge in [0.15, 0.2) is 6.61 Å². The molecule has 0 aliphatic heterocycles. The number of anilines is 1. The number of nitrogens with two attached hydrogens (primary N) is 1. The number of alkyl halides is 2. The van der Waals surface area contributed by atoms with Crippen LogP contribution in [-0.2, 0) is 4.74 Å². The van der Waals surface area contributed by atoms with Gasteiger partial charge in [-0.05, 0) is 18.2 Å². The molecule has 0 aliphatic carbocycles. The van der Waals surface area contributed by atoms with E-state index in [4.69, 9.17) is 5.73 Å². The molecule has 0 aliphatic rings. The Morgan fingerprint density at radius 1 is 1.47 bits per heavy atom. The Bertz CT molecular complexity index is 368. The fourth-order valence-corrected chi connectivity index (χ4v) is 0.922. The van der Waals surface area contributed by atoms with Crippen LogP contribution in [0, 0.1) is 5.82 Å². The molecule has 0 bridgehead atoms. The second kappa shape index (κ2) is 4.68. The van der Waals surface area contributed by atoms with Crippen LogP contribution >= 0.6 is 0 Å². The summed E-state index contributed by atoms with van der Waals surface area (Å²) in [5.41, 5.74) is 5.07. The van der Waals surface area contributed by atoms with E-state index in [-0.39, 0.29) is 11.3 Å². The van der Waals surface area contributed by atoms with Crippen LogP contribution in [0.5, 0.6) is 0 Å². The van der Waals surface area contributed by atoms with Crippen LogP contribution in [0.1, 0.15) is 10.4 Å². The van der Waals surface area contributed by atoms with E-state index < -0.39 is 24.8 Å². The normalized spacial score (nSPS) is 10.4. The molecule has 0 atom stereocenters. The van der Waals surface area contributed by atoms with E-state index in [1.54, 1.807) is 0 Å². The lowest BCUT2D eigenvalue weighted by Crippen LogP contribution is -2.13. The maximum absolute atomic E-state index is 12.7. The minimum absolute atomic E-state index is 0.0179. The van der Waals surface area contributed by atoms with Crippen LogP contribution in [0.3, 0.4) is 0 Å². The zero-order chi connectivity index (χ0) is 11.4. The number of carbonyl (C=O) groups is 1. The molecule has 2 N–H and O–H groups in total. The van der Waals surface area contributed by atoms with Crippen molar-refractivity contribution in [2.75, 3.05) is 12.3 Å². The van der Waals surface area contributed by atoms with Crippen molar-refractivity contribution in [3.8, 4) is 0 Å². The first-order valence-electron chi connectivity index (χ1n) is 4.01. The molecular formula is C9H8F3NO2. The quantitative estimate of drug-likeness (QED) is 0.623. The van der Waals surface area contributed by atoms with Gasteiger partial charge in [-0.15, -0.1) is 0 Å². The maximum Gasteiger partial charge on any atom is 0.340 e. The van der Waals surface area contributed by atoms with Crippen LogP contribution in [0.15, 0.2) is 18.2 Å². The SMILES string of the molecule is Nc1ccc(F)cc1C(=O)OCC(F)F. The van der Waals surface area contributed by atoms with Crippen LogP contribution in [-0.4, -0.2) is 19.0 Å². The smallest absolute Gasteiger partial charge is 0.340 e. The van der Waals surface area contributed by atoms with E-state index in [1.807, 2.05) is 0 Å². The van der Waals surface area contributed by atoms with Crippen molar-refractivity contribution < 1.29 is 22.7 Å². The molecule has 15 heavy (non-hydrogen) atoms. The molecular weight excluding hydrogens is 211 g/mol. The Labute approximate surface area is 83.6 Å². The molecule has 0 saturated heterocycles. The molecule has 0 fully saturated rings. The van der Waals surface area contributed by atoms with E-state index >= 15 is 0 Å². The minimum atomic E-state index is -2.76. The van der Waals surface area contributed by atoms with Gasteiger partial charge in [-0.25, -0.2) is 18.0 Å². The van der Waals surface area contributed by atoms with Gasteiger partial charge in [0.2, 0.25) is 0 Å². The van der Waals surface area contributed by atoms with Crippen molar-refractivity contribution in [3.63, 3.8) is 0 Å². The van der Waals surface area contributed by atoms with Crippen molar-refractivity contribution >= 4 is 11.7 Å². The summed E-state index contributed by atoms with van der Waals surface area (Å²) >= 11 is 0. The Balaban J connectivity index is 2.77. The van der Waals surface area contributed by atoms with Crippen molar-refractivity contribution in [1.82, 2.24) is 0 Å². The molecule has 1 aromatic carbocycles. The molecule has 1 rings (SSSR count). The number of ether oxygens (including phenoxy) is 1. The Morgan fingerprint density at radius 2 is 2.13 bits per heavy atom. The largest absolute Gasteiger partial charge is 0.456 e. The van der Waals surface area contributed by atoms with Gasteiger partial charge in [-0.2, -0.15) is 0 Å². The number of benzene rings is 1. The van der Waals surface area contributed by atoms with Gasteiger partial charge in [-0.3, -0.25) is 0 Å². The number of hydrogen-bond donors (Lipinski definition) is 1. The zero-order valence-electron chi connectivity index (χ0n) is 7.54. The average molecular weight is 219 g/mol. The molecule has 82 valence electrons. The second-order valence-electron chi connectivity index (χ2n) is 2.72. The summed E-state index contributed by atoms with van der Waals surface area (Å²) in [6.45, 7) is -1.03. The van der Waals surface area contributed by atoms with E-state index in [0.29, 0.717) is 0 Å². The number of nitrogen functional groups attached to an aromatic ring is 1. The molecule has 0 radical (unpaired) electrons. The van der Waals surface area contributed by atoms with Gasteiger partial charge in [-0.1, -0.05) is 0 Å². The second-order valence-corrected chi connectivity index (χ2v) is 2.72. The molecule has 0 saturated carbocycles. The first-order valence-corrected chi connectivity index (χ1v) is 4.01. The lowest BCUT2D eigenvalue weighted by Gasteiger charge is -2.06. The molecule has 3 nitrogen and oxygen atoms in total. The lowest BCUT2D eigenvalue weighted by atomic mass is 10.2. The van der Waals surface area contributed by atoms with Crippen LogP contribution < -0.4 is 5.73 Å². The molecule has 0 spiro atoms. The monoisotopic (exact) mass is 219 g/mol. The van der Waals surface area contributed by atoms with Crippen LogP contribution in [0.4, 0.5) is 18.9 Å². The topological polar surface area (TPSA) is 52.3 Å². The summed E-state index contributed by atoms with van der Waals surface area (Å²) in [4.78, 5) is 11.1. The van der Waals surface area contributed by atoms with Gasteiger partial charge in [0.25, 0.3) is 6.43 Å². The predicted molar refractivity (Wildman–Crippen MR) is 47.1 cm³/mol.